The molecule has 0 radical (unpaired) electrons. The SMILES string of the molecule is Cc1cc2nc(N3CCCC[C@H]3C)c3ccccc3n2n1. The van der Waals surface area contributed by atoms with E-state index in [1.54, 1.807) is 0 Å². The van der Waals surface area contributed by atoms with Crippen LogP contribution >= 0.6 is 0 Å². The predicted molar refractivity (Wildman–Crippen MR) is 85.9 cm³/mol. The van der Waals surface area contributed by atoms with Crippen LogP contribution in [0.2, 0.25) is 0 Å². The smallest absolute Gasteiger partial charge is 0.158 e. The van der Waals surface area contributed by atoms with Crippen LogP contribution in [0.4, 0.5) is 5.82 Å². The van der Waals surface area contributed by atoms with E-state index in [2.05, 4.69) is 47.3 Å². The lowest BCUT2D eigenvalue weighted by molar-refractivity contribution is 0.482. The number of para-hydroxylation sites is 1. The molecule has 0 aliphatic carbocycles. The maximum absolute atomic E-state index is 4.92. The molecule has 0 spiro atoms. The van der Waals surface area contributed by atoms with Crippen molar-refractivity contribution < 1.29 is 0 Å². The number of anilines is 1. The average Bonchev–Trinajstić information content (AvgIpc) is 2.88. The molecule has 1 fully saturated rings. The van der Waals surface area contributed by atoms with Gasteiger partial charge < -0.3 is 4.90 Å². The Bertz CT molecular complexity index is 805. The lowest BCUT2D eigenvalue weighted by Crippen LogP contribution is -2.38. The quantitative estimate of drug-likeness (QED) is 0.683. The molecule has 4 heteroatoms. The van der Waals surface area contributed by atoms with Gasteiger partial charge in [0.05, 0.1) is 11.2 Å². The molecule has 3 heterocycles. The van der Waals surface area contributed by atoms with Crippen LogP contribution in [0.3, 0.4) is 0 Å². The highest BCUT2D eigenvalue weighted by Gasteiger charge is 2.22. The molecule has 1 aliphatic heterocycles. The van der Waals surface area contributed by atoms with Gasteiger partial charge in [-0.25, -0.2) is 9.50 Å². The number of piperidine rings is 1. The summed E-state index contributed by atoms with van der Waals surface area (Å²) in [6, 6.07) is 11.1. The maximum atomic E-state index is 4.92. The summed E-state index contributed by atoms with van der Waals surface area (Å²) in [5.41, 5.74) is 3.10. The number of rotatable bonds is 1. The van der Waals surface area contributed by atoms with Crippen LogP contribution in [0.25, 0.3) is 16.6 Å². The minimum Gasteiger partial charge on any atom is -0.353 e. The second-order valence-electron chi connectivity index (χ2n) is 6.05. The van der Waals surface area contributed by atoms with E-state index in [4.69, 9.17) is 4.98 Å². The summed E-state index contributed by atoms with van der Waals surface area (Å²) < 4.78 is 1.96. The van der Waals surface area contributed by atoms with Crippen LogP contribution in [0.5, 0.6) is 0 Å². The molecular formula is C17H20N4. The normalized spacial score (nSPS) is 19.5. The number of benzene rings is 1. The second kappa shape index (κ2) is 4.72. The molecule has 3 aromatic rings. The zero-order valence-corrected chi connectivity index (χ0v) is 12.6. The highest BCUT2D eigenvalue weighted by atomic mass is 15.3. The third-order valence-electron chi connectivity index (χ3n) is 4.48. The number of hydrogen-bond acceptors (Lipinski definition) is 3. The first kappa shape index (κ1) is 12.6. The van der Waals surface area contributed by atoms with E-state index >= 15 is 0 Å². The molecule has 1 atom stereocenters. The summed E-state index contributed by atoms with van der Waals surface area (Å²) in [5, 5.41) is 5.78. The van der Waals surface area contributed by atoms with E-state index in [1.807, 2.05) is 11.4 Å². The maximum Gasteiger partial charge on any atom is 0.158 e. The Labute approximate surface area is 124 Å². The van der Waals surface area contributed by atoms with Crippen molar-refractivity contribution in [3.05, 3.63) is 36.0 Å². The molecular weight excluding hydrogens is 260 g/mol. The van der Waals surface area contributed by atoms with Crippen molar-refractivity contribution in [1.29, 1.82) is 0 Å². The first-order valence-corrected chi connectivity index (χ1v) is 7.76. The van der Waals surface area contributed by atoms with E-state index in [0.29, 0.717) is 6.04 Å². The molecule has 4 nitrogen and oxygen atoms in total. The Kier molecular flexibility index (Phi) is 2.84. The van der Waals surface area contributed by atoms with Gasteiger partial charge in [0.15, 0.2) is 5.65 Å². The minimum absolute atomic E-state index is 0.557. The monoisotopic (exact) mass is 280 g/mol. The zero-order chi connectivity index (χ0) is 14.4. The van der Waals surface area contributed by atoms with Gasteiger partial charge in [-0.1, -0.05) is 12.1 Å². The van der Waals surface area contributed by atoms with Crippen molar-refractivity contribution in [1.82, 2.24) is 14.6 Å². The van der Waals surface area contributed by atoms with E-state index < -0.39 is 0 Å². The van der Waals surface area contributed by atoms with Gasteiger partial charge in [0.2, 0.25) is 0 Å². The summed E-state index contributed by atoms with van der Waals surface area (Å²) in [7, 11) is 0. The first-order chi connectivity index (χ1) is 10.2. The number of aromatic nitrogens is 3. The van der Waals surface area contributed by atoms with E-state index in [0.717, 1.165) is 29.2 Å². The van der Waals surface area contributed by atoms with Gasteiger partial charge in [0, 0.05) is 24.0 Å². The lowest BCUT2D eigenvalue weighted by atomic mass is 10.0. The number of aryl methyl sites for hydroxylation is 1. The van der Waals surface area contributed by atoms with Gasteiger partial charge in [0.25, 0.3) is 0 Å². The van der Waals surface area contributed by atoms with Crippen LogP contribution in [0, 0.1) is 6.92 Å². The van der Waals surface area contributed by atoms with Crippen molar-refractivity contribution in [2.24, 2.45) is 0 Å². The lowest BCUT2D eigenvalue weighted by Gasteiger charge is -2.35. The molecule has 1 aliphatic rings. The standard InChI is InChI=1S/C17H20N4/c1-12-11-16-18-17(20-10-6-5-7-13(20)2)14-8-3-4-9-15(14)21(16)19-12/h3-4,8-9,11,13H,5-7,10H2,1-2H3/t13-/m1/s1. The van der Waals surface area contributed by atoms with Crippen LogP contribution in [-0.2, 0) is 0 Å². The highest BCUT2D eigenvalue weighted by molar-refractivity contribution is 5.91. The molecule has 0 amide bonds. The van der Waals surface area contributed by atoms with Gasteiger partial charge in [-0.2, -0.15) is 5.10 Å². The van der Waals surface area contributed by atoms with Crippen LogP contribution in [0.1, 0.15) is 31.9 Å². The van der Waals surface area contributed by atoms with E-state index in [1.165, 1.54) is 24.6 Å². The molecule has 1 aromatic carbocycles. The molecule has 0 N–H and O–H groups in total. The molecule has 0 unspecified atom stereocenters. The van der Waals surface area contributed by atoms with Crippen molar-refractivity contribution in [2.75, 3.05) is 11.4 Å². The Morgan fingerprint density at radius 1 is 1.19 bits per heavy atom. The summed E-state index contributed by atoms with van der Waals surface area (Å²) in [6.07, 6.45) is 3.83. The van der Waals surface area contributed by atoms with Crippen molar-refractivity contribution in [3.8, 4) is 0 Å². The van der Waals surface area contributed by atoms with Gasteiger partial charge in [-0.15, -0.1) is 0 Å². The highest BCUT2D eigenvalue weighted by Crippen LogP contribution is 2.30. The number of fused-ring (bicyclic) bond motifs is 3. The molecule has 21 heavy (non-hydrogen) atoms. The Morgan fingerprint density at radius 2 is 2.05 bits per heavy atom. The van der Waals surface area contributed by atoms with Crippen LogP contribution in [0.15, 0.2) is 30.3 Å². The molecule has 0 bridgehead atoms. The summed E-state index contributed by atoms with van der Waals surface area (Å²) in [6.45, 7) is 5.43. The fourth-order valence-electron chi connectivity index (χ4n) is 3.39. The summed E-state index contributed by atoms with van der Waals surface area (Å²) in [5.74, 6) is 1.12. The van der Waals surface area contributed by atoms with Crippen LogP contribution < -0.4 is 4.90 Å². The second-order valence-corrected chi connectivity index (χ2v) is 6.05. The molecule has 2 aromatic heterocycles. The number of hydrogen-bond donors (Lipinski definition) is 0. The van der Waals surface area contributed by atoms with Gasteiger partial charge in [-0.05, 0) is 45.2 Å². The van der Waals surface area contributed by atoms with Gasteiger partial charge in [-0.3, -0.25) is 0 Å². The van der Waals surface area contributed by atoms with Crippen molar-refractivity contribution >= 4 is 22.4 Å². The van der Waals surface area contributed by atoms with Crippen LogP contribution in [-0.4, -0.2) is 27.2 Å². The van der Waals surface area contributed by atoms with E-state index in [-0.39, 0.29) is 0 Å². The van der Waals surface area contributed by atoms with Gasteiger partial charge in [0.1, 0.15) is 5.82 Å². The van der Waals surface area contributed by atoms with Gasteiger partial charge >= 0.3 is 0 Å². The first-order valence-electron chi connectivity index (χ1n) is 7.76. The topological polar surface area (TPSA) is 33.4 Å². The van der Waals surface area contributed by atoms with E-state index in [9.17, 15) is 0 Å². The zero-order valence-electron chi connectivity index (χ0n) is 12.6. The molecule has 0 saturated carbocycles. The third-order valence-corrected chi connectivity index (χ3v) is 4.48. The fourth-order valence-corrected chi connectivity index (χ4v) is 3.39. The summed E-state index contributed by atoms with van der Waals surface area (Å²) >= 11 is 0. The Hall–Kier alpha value is -2.10. The average molecular weight is 280 g/mol. The summed E-state index contributed by atoms with van der Waals surface area (Å²) in [4.78, 5) is 7.39. The van der Waals surface area contributed by atoms with Crippen molar-refractivity contribution in [2.45, 2.75) is 39.2 Å². The molecule has 4 rings (SSSR count). The third kappa shape index (κ3) is 1.97. The minimum atomic E-state index is 0.557. The predicted octanol–water partition coefficient (Wildman–Crippen LogP) is 3.57. The molecule has 108 valence electrons. The largest absolute Gasteiger partial charge is 0.353 e. The Morgan fingerprint density at radius 3 is 2.90 bits per heavy atom. The number of nitrogens with zero attached hydrogens (tertiary/aromatic N) is 4. The Balaban J connectivity index is 2.01. The molecule has 1 saturated heterocycles. The van der Waals surface area contributed by atoms with Crippen molar-refractivity contribution in [3.63, 3.8) is 0 Å². The fraction of sp³-hybridized carbons (Fsp3) is 0.412.